The largest absolute Gasteiger partial charge is 0.466 e. The van der Waals surface area contributed by atoms with Gasteiger partial charge in [0.1, 0.15) is 6.04 Å². The van der Waals surface area contributed by atoms with Crippen LogP contribution in [0.2, 0.25) is 0 Å². The van der Waals surface area contributed by atoms with Gasteiger partial charge in [-0.15, -0.1) is 0 Å². The molecule has 0 spiro atoms. The minimum absolute atomic E-state index is 0.00466. The Hall–Kier alpha value is -3.64. The van der Waals surface area contributed by atoms with E-state index >= 15 is 0 Å². The highest BCUT2D eigenvalue weighted by atomic mass is 16.5. The highest BCUT2D eigenvalue weighted by Gasteiger charge is 2.24. The first-order chi connectivity index (χ1) is 25.5. The Morgan fingerprint density at radius 1 is 0.698 bits per heavy atom. The minimum Gasteiger partial charge on any atom is -0.466 e. The zero-order valence-corrected chi connectivity index (χ0v) is 33.5. The standard InChI is InChI=1S/C12H24N2O4.C10H18N2O3.C8H12O4.C4H12N2.C2H6/c1-3-17-11(15)9-10(12(16)18-4-2)14-8-6-5-7-13;1-2-15-9(13)7-8-10(14)12-6-4-3-5-11-8;1-3-11-7(9)5-6-8(10)12-4-2;5-3-1-2-4-6;1-2/h10,14H,3-9,13H2,1-2H3;8,11H,2-7H2,1H3,(H,12,14);5-6H,3-4H2,1-2H3;1-6H2;1-2H3/b;;6-5+;;. The van der Waals surface area contributed by atoms with Gasteiger partial charge in [-0.3, -0.25) is 19.2 Å². The van der Waals surface area contributed by atoms with E-state index < -0.39 is 36.0 Å². The number of nitrogens with one attached hydrogen (secondary N) is 3. The van der Waals surface area contributed by atoms with Crippen molar-refractivity contribution in [2.24, 2.45) is 17.2 Å². The number of carbonyl (C=O) groups excluding carboxylic acids is 6. The number of unbranched alkanes of at least 4 members (excludes halogenated alkanes) is 2. The summed E-state index contributed by atoms with van der Waals surface area (Å²) in [5.74, 6) is -2.33. The van der Waals surface area contributed by atoms with Gasteiger partial charge in [0.2, 0.25) is 5.91 Å². The van der Waals surface area contributed by atoms with Gasteiger partial charge in [0.25, 0.3) is 0 Å². The highest BCUT2D eigenvalue weighted by molar-refractivity contribution is 5.91. The Morgan fingerprint density at radius 2 is 1.15 bits per heavy atom. The number of ether oxygens (including phenoxy) is 5. The molecule has 0 saturated carbocycles. The Balaban J connectivity index is -0.000000312. The van der Waals surface area contributed by atoms with Crippen LogP contribution in [0.4, 0.5) is 0 Å². The lowest BCUT2D eigenvalue weighted by atomic mass is 10.1. The summed E-state index contributed by atoms with van der Waals surface area (Å²) in [5.41, 5.74) is 15.7. The number of nitrogens with two attached hydrogens (primary N) is 3. The zero-order chi connectivity index (χ0) is 41.1. The molecule has 2 atom stereocenters. The third-order valence-corrected chi connectivity index (χ3v) is 6.14. The summed E-state index contributed by atoms with van der Waals surface area (Å²) in [7, 11) is 0. The van der Waals surface area contributed by atoms with Crippen LogP contribution >= 0.6 is 0 Å². The summed E-state index contributed by atoms with van der Waals surface area (Å²) in [5, 5.41) is 8.82. The lowest BCUT2D eigenvalue weighted by Gasteiger charge is -2.20. The van der Waals surface area contributed by atoms with Crippen LogP contribution in [0.1, 0.15) is 99.8 Å². The van der Waals surface area contributed by atoms with Crippen molar-refractivity contribution in [2.75, 3.05) is 72.3 Å². The predicted octanol–water partition coefficient (Wildman–Crippen LogP) is 1.39. The molecule has 0 radical (unpaired) electrons. The van der Waals surface area contributed by atoms with Gasteiger partial charge >= 0.3 is 29.8 Å². The first-order valence-electron chi connectivity index (χ1n) is 18.8. The molecule has 1 saturated heterocycles. The fourth-order valence-corrected chi connectivity index (χ4v) is 3.72. The van der Waals surface area contributed by atoms with Gasteiger partial charge in [0.15, 0.2) is 0 Å². The second-order valence-corrected chi connectivity index (χ2v) is 10.4. The summed E-state index contributed by atoms with van der Waals surface area (Å²) in [6.45, 7) is 18.4. The third kappa shape index (κ3) is 41.0. The van der Waals surface area contributed by atoms with Crippen LogP contribution < -0.4 is 33.2 Å². The van der Waals surface area contributed by atoms with Crippen LogP contribution in [-0.2, 0) is 52.5 Å². The summed E-state index contributed by atoms with van der Waals surface area (Å²) in [6.07, 6.45) is 8.05. The summed E-state index contributed by atoms with van der Waals surface area (Å²) < 4.78 is 23.6. The number of carbonyl (C=O) groups is 6. The SMILES string of the molecule is CC.CCOC(=O)/C=C/C(=O)OCC.CCOC(=O)CC(NCCCCN)C(=O)OCC.CCOC(=O)CC1NCCCCNC1=O.NCCCCN. The third-order valence-electron chi connectivity index (χ3n) is 6.14. The molecule has 1 heterocycles. The van der Waals surface area contributed by atoms with E-state index in [0.29, 0.717) is 52.7 Å². The molecule has 0 bridgehead atoms. The van der Waals surface area contributed by atoms with Gasteiger partial charge in [0.05, 0.1) is 51.9 Å². The molecule has 53 heavy (non-hydrogen) atoms. The fraction of sp³-hybridized carbons (Fsp3) is 0.778. The summed E-state index contributed by atoms with van der Waals surface area (Å²) in [4.78, 5) is 67.0. The van der Waals surface area contributed by atoms with Crippen LogP contribution in [-0.4, -0.2) is 120 Å². The van der Waals surface area contributed by atoms with Crippen LogP contribution in [0.25, 0.3) is 0 Å². The van der Waals surface area contributed by atoms with Gasteiger partial charge in [-0.2, -0.15) is 0 Å². The molecular weight excluding hydrogens is 692 g/mol. The van der Waals surface area contributed by atoms with Crippen molar-refractivity contribution in [3.05, 3.63) is 12.2 Å². The van der Waals surface area contributed by atoms with Gasteiger partial charge < -0.3 is 56.8 Å². The van der Waals surface area contributed by atoms with Crippen molar-refractivity contribution < 1.29 is 52.5 Å². The van der Waals surface area contributed by atoms with E-state index in [2.05, 4.69) is 25.4 Å². The molecule has 2 unspecified atom stereocenters. The molecule has 9 N–H and O–H groups in total. The maximum atomic E-state index is 11.6. The smallest absolute Gasteiger partial charge is 0.330 e. The zero-order valence-electron chi connectivity index (χ0n) is 33.5. The molecule has 312 valence electrons. The van der Waals surface area contributed by atoms with Gasteiger partial charge in [-0.25, -0.2) is 9.59 Å². The number of rotatable bonds is 20. The molecule has 0 aliphatic carbocycles. The second-order valence-electron chi connectivity index (χ2n) is 10.4. The van der Waals surface area contributed by atoms with Crippen LogP contribution in [0.3, 0.4) is 0 Å². The van der Waals surface area contributed by atoms with Crippen molar-refractivity contribution in [3.63, 3.8) is 0 Å². The van der Waals surface area contributed by atoms with E-state index in [1.807, 2.05) is 13.8 Å². The monoisotopic (exact) mass is 765 g/mol. The van der Waals surface area contributed by atoms with E-state index in [1.54, 1.807) is 34.6 Å². The van der Waals surface area contributed by atoms with E-state index in [9.17, 15) is 28.8 Å². The molecule has 0 aromatic heterocycles. The van der Waals surface area contributed by atoms with Crippen LogP contribution in [0.5, 0.6) is 0 Å². The summed E-state index contributed by atoms with van der Waals surface area (Å²) in [6, 6.07) is -1.08. The van der Waals surface area contributed by atoms with E-state index in [4.69, 9.17) is 31.4 Å². The molecule has 1 amide bonds. The van der Waals surface area contributed by atoms with Crippen molar-refractivity contribution in [1.29, 1.82) is 0 Å². The van der Waals surface area contributed by atoms with Crippen LogP contribution in [0, 0.1) is 0 Å². The van der Waals surface area contributed by atoms with Crippen LogP contribution in [0.15, 0.2) is 12.2 Å². The quantitative estimate of drug-likeness (QED) is 0.0443. The molecule has 17 heteroatoms. The molecule has 1 fully saturated rings. The lowest BCUT2D eigenvalue weighted by molar-refractivity contribution is -0.152. The second kappa shape index (κ2) is 44.5. The molecule has 0 aromatic rings. The number of hydrogen-bond acceptors (Lipinski definition) is 16. The molecule has 1 rings (SSSR count). The van der Waals surface area contributed by atoms with E-state index in [1.165, 1.54) is 0 Å². The van der Waals surface area contributed by atoms with Crippen molar-refractivity contribution >= 4 is 35.8 Å². The van der Waals surface area contributed by atoms with Crippen molar-refractivity contribution in [1.82, 2.24) is 16.0 Å². The molecule has 0 aromatic carbocycles. The average Bonchev–Trinajstić information content (AvgIpc) is 3.13. The first kappa shape index (κ1) is 56.1. The van der Waals surface area contributed by atoms with Crippen molar-refractivity contribution in [3.8, 4) is 0 Å². The Bertz CT molecular complexity index is 931. The minimum atomic E-state index is -0.637. The number of hydrogen-bond donors (Lipinski definition) is 6. The number of amides is 1. The maximum Gasteiger partial charge on any atom is 0.330 e. The fourth-order valence-electron chi connectivity index (χ4n) is 3.72. The maximum absolute atomic E-state index is 11.6. The van der Waals surface area contributed by atoms with Gasteiger partial charge in [-0.05, 0) is 106 Å². The van der Waals surface area contributed by atoms with E-state index in [-0.39, 0.29) is 24.7 Å². The van der Waals surface area contributed by atoms with Gasteiger partial charge in [-0.1, -0.05) is 13.8 Å². The molecule has 1 aliphatic rings. The normalized spacial score (nSPS) is 13.8. The highest BCUT2D eigenvalue weighted by Crippen LogP contribution is 2.01. The topological polar surface area (TPSA) is 263 Å². The Labute approximate surface area is 317 Å². The first-order valence-corrected chi connectivity index (χ1v) is 18.8. The average molecular weight is 765 g/mol. The lowest BCUT2D eigenvalue weighted by Crippen LogP contribution is -2.47. The number of esters is 5. The summed E-state index contributed by atoms with van der Waals surface area (Å²) >= 11 is 0. The predicted molar refractivity (Wildman–Crippen MR) is 204 cm³/mol. The molecule has 17 nitrogen and oxygen atoms in total. The van der Waals surface area contributed by atoms with Crippen molar-refractivity contribution in [2.45, 2.75) is 112 Å². The Kier molecular flexibility index (Phi) is 47.1. The molecular formula is C36H72N6O11. The van der Waals surface area contributed by atoms with Gasteiger partial charge in [0, 0.05) is 18.7 Å². The Morgan fingerprint density at radius 3 is 1.62 bits per heavy atom. The molecule has 1 aliphatic heterocycles. The van der Waals surface area contributed by atoms with E-state index in [0.717, 1.165) is 70.3 Å².